The van der Waals surface area contributed by atoms with Crippen LogP contribution in [0.15, 0.2) is 29.3 Å². The van der Waals surface area contributed by atoms with Crippen LogP contribution in [0.2, 0.25) is 0 Å². The van der Waals surface area contributed by atoms with Crippen LogP contribution in [0.1, 0.15) is 20.8 Å². The highest BCUT2D eigenvalue weighted by atomic mass is 16.5. The minimum absolute atomic E-state index is 0.449. The number of likely N-dealkylation sites (N-methyl/N-ethyl adjacent to an activating group) is 1. The van der Waals surface area contributed by atoms with Gasteiger partial charge in [0.05, 0.1) is 20.2 Å². The predicted molar refractivity (Wildman–Crippen MR) is 116 cm³/mol. The summed E-state index contributed by atoms with van der Waals surface area (Å²) >= 11 is 0. The molecule has 0 radical (unpaired) electrons. The molecule has 1 aromatic rings. The van der Waals surface area contributed by atoms with Crippen LogP contribution < -0.4 is 20.1 Å². The Bertz CT molecular complexity index is 571. The lowest BCUT2D eigenvalue weighted by Crippen LogP contribution is -2.50. The number of guanidine groups is 1. The topological polar surface area (TPSA) is 61.4 Å². The number of ether oxygens (including phenoxy) is 2. The molecule has 0 saturated carbocycles. The molecule has 7 heteroatoms. The van der Waals surface area contributed by atoms with Crippen molar-refractivity contribution in [3.8, 4) is 11.5 Å². The van der Waals surface area contributed by atoms with Crippen molar-refractivity contribution in [2.24, 2.45) is 4.99 Å². The van der Waals surface area contributed by atoms with E-state index in [9.17, 15) is 0 Å². The second-order valence-electron chi connectivity index (χ2n) is 6.99. The van der Waals surface area contributed by atoms with Gasteiger partial charge in [-0.25, -0.2) is 0 Å². The van der Waals surface area contributed by atoms with Crippen LogP contribution in [-0.2, 0) is 0 Å². The maximum atomic E-state index is 5.76. The Balaban J connectivity index is 1.71. The Morgan fingerprint density at radius 3 is 2.36 bits per heavy atom. The number of aliphatic imine (C=N–C) groups is 1. The number of piperazine rings is 1. The monoisotopic (exact) mass is 391 g/mol. The molecular weight excluding hydrogens is 354 g/mol. The van der Waals surface area contributed by atoms with Gasteiger partial charge in [0.2, 0.25) is 0 Å². The van der Waals surface area contributed by atoms with Crippen LogP contribution in [0.5, 0.6) is 11.5 Å². The number of nitrogens with zero attached hydrogens (tertiary/aromatic N) is 3. The molecule has 28 heavy (non-hydrogen) atoms. The van der Waals surface area contributed by atoms with E-state index in [1.807, 2.05) is 24.3 Å². The largest absolute Gasteiger partial charge is 0.497 e. The Morgan fingerprint density at radius 1 is 1.07 bits per heavy atom. The smallest absolute Gasteiger partial charge is 0.191 e. The summed E-state index contributed by atoms with van der Waals surface area (Å²) in [6.45, 7) is 15.2. The highest BCUT2D eigenvalue weighted by Crippen LogP contribution is 2.16. The van der Waals surface area contributed by atoms with Crippen molar-refractivity contribution in [2.75, 3.05) is 66.1 Å². The van der Waals surface area contributed by atoms with Gasteiger partial charge in [-0.3, -0.25) is 9.89 Å². The summed E-state index contributed by atoms with van der Waals surface area (Å²) in [4.78, 5) is 9.80. The highest BCUT2D eigenvalue weighted by Gasteiger charge is 2.19. The average molecular weight is 392 g/mol. The first-order chi connectivity index (χ1) is 13.7. The Hall–Kier alpha value is -1.99. The zero-order valence-electron chi connectivity index (χ0n) is 17.9. The highest BCUT2D eigenvalue weighted by molar-refractivity contribution is 5.79. The second kappa shape index (κ2) is 12.5. The SMILES string of the molecule is CCNC(=NCC(C)N1CCN(CC)CC1)NCCOc1ccc(OC)cc1. The fraction of sp³-hybridized carbons (Fsp3) is 0.667. The van der Waals surface area contributed by atoms with Gasteiger partial charge in [-0.1, -0.05) is 6.92 Å². The number of hydrogen-bond donors (Lipinski definition) is 2. The minimum Gasteiger partial charge on any atom is -0.497 e. The Morgan fingerprint density at radius 2 is 1.75 bits per heavy atom. The molecule has 158 valence electrons. The minimum atomic E-state index is 0.449. The number of benzene rings is 1. The van der Waals surface area contributed by atoms with Crippen LogP contribution in [0, 0.1) is 0 Å². The molecule has 1 unspecified atom stereocenters. The van der Waals surface area contributed by atoms with Crippen molar-refractivity contribution in [1.29, 1.82) is 0 Å². The van der Waals surface area contributed by atoms with E-state index >= 15 is 0 Å². The predicted octanol–water partition coefficient (Wildman–Crippen LogP) is 1.66. The molecule has 1 atom stereocenters. The van der Waals surface area contributed by atoms with Crippen molar-refractivity contribution in [1.82, 2.24) is 20.4 Å². The van der Waals surface area contributed by atoms with Gasteiger partial charge in [-0.15, -0.1) is 0 Å². The van der Waals surface area contributed by atoms with E-state index < -0.39 is 0 Å². The normalized spacial score (nSPS) is 17.2. The van der Waals surface area contributed by atoms with E-state index in [0.717, 1.165) is 63.3 Å². The van der Waals surface area contributed by atoms with E-state index in [-0.39, 0.29) is 0 Å². The molecule has 0 spiro atoms. The van der Waals surface area contributed by atoms with Gasteiger partial charge >= 0.3 is 0 Å². The van der Waals surface area contributed by atoms with Crippen LogP contribution in [0.3, 0.4) is 0 Å². The lowest BCUT2D eigenvalue weighted by Gasteiger charge is -2.37. The van der Waals surface area contributed by atoms with Crippen molar-refractivity contribution >= 4 is 5.96 Å². The van der Waals surface area contributed by atoms with Crippen molar-refractivity contribution < 1.29 is 9.47 Å². The number of nitrogens with one attached hydrogen (secondary N) is 2. The zero-order valence-corrected chi connectivity index (χ0v) is 17.9. The molecule has 1 aliphatic heterocycles. The third-order valence-corrected chi connectivity index (χ3v) is 5.06. The van der Waals surface area contributed by atoms with E-state index in [2.05, 4.69) is 41.2 Å². The molecule has 0 amide bonds. The Labute approximate surface area is 170 Å². The molecule has 1 aliphatic rings. The molecule has 2 rings (SSSR count). The molecule has 1 fully saturated rings. The quantitative estimate of drug-likeness (QED) is 0.359. The summed E-state index contributed by atoms with van der Waals surface area (Å²) in [6.07, 6.45) is 0. The third-order valence-electron chi connectivity index (χ3n) is 5.06. The molecule has 0 bridgehead atoms. The van der Waals surface area contributed by atoms with Gasteiger partial charge in [0.15, 0.2) is 5.96 Å². The number of hydrogen-bond acceptors (Lipinski definition) is 5. The molecule has 1 aromatic carbocycles. The average Bonchev–Trinajstić information content (AvgIpc) is 2.75. The molecule has 7 nitrogen and oxygen atoms in total. The van der Waals surface area contributed by atoms with Gasteiger partial charge in [0.25, 0.3) is 0 Å². The van der Waals surface area contributed by atoms with Gasteiger partial charge < -0.3 is 25.0 Å². The summed E-state index contributed by atoms with van der Waals surface area (Å²) in [7, 11) is 1.66. The molecule has 1 heterocycles. The summed E-state index contributed by atoms with van der Waals surface area (Å²) in [5.74, 6) is 2.52. The Kier molecular flexibility index (Phi) is 9.93. The second-order valence-corrected chi connectivity index (χ2v) is 6.99. The summed E-state index contributed by atoms with van der Waals surface area (Å²) < 4.78 is 10.9. The first-order valence-corrected chi connectivity index (χ1v) is 10.4. The summed E-state index contributed by atoms with van der Waals surface area (Å²) in [5.41, 5.74) is 0. The fourth-order valence-electron chi connectivity index (χ4n) is 3.21. The van der Waals surface area contributed by atoms with Crippen LogP contribution in [0.4, 0.5) is 0 Å². The van der Waals surface area contributed by atoms with Gasteiger partial charge in [0.1, 0.15) is 18.1 Å². The maximum Gasteiger partial charge on any atom is 0.191 e. The lowest BCUT2D eigenvalue weighted by molar-refractivity contribution is 0.109. The molecular formula is C21H37N5O2. The first kappa shape index (κ1) is 22.3. The number of rotatable bonds is 10. The molecule has 2 N–H and O–H groups in total. The molecule has 1 saturated heterocycles. The van der Waals surface area contributed by atoms with Gasteiger partial charge in [-0.2, -0.15) is 0 Å². The van der Waals surface area contributed by atoms with Crippen LogP contribution in [-0.4, -0.2) is 87.9 Å². The molecule has 0 aromatic heterocycles. The van der Waals surface area contributed by atoms with Crippen LogP contribution >= 0.6 is 0 Å². The van der Waals surface area contributed by atoms with Gasteiger partial charge in [0, 0.05) is 38.8 Å². The van der Waals surface area contributed by atoms with E-state index in [0.29, 0.717) is 19.2 Å². The van der Waals surface area contributed by atoms with Crippen molar-refractivity contribution in [2.45, 2.75) is 26.8 Å². The van der Waals surface area contributed by atoms with E-state index in [4.69, 9.17) is 14.5 Å². The first-order valence-electron chi connectivity index (χ1n) is 10.4. The molecule has 0 aliphatic carbocycles. The standard InChI is InChI=1S/C21H37N5O2/c1-5-22-21(23-11-16-28-20-9-7-19(27-4)8-10-20)24-17-18(3)26-14-12-25(6-2)13-15-26/h7-10,18H,5-6,11-17H2,1-4H3,(H2,22,23,24). The lowest BCUT2D eigenvalue weighted by atomic mass is 10.2. The third kappa shape index (κ3) is 7.56. The zero-order chi connectivity index (χ0) is 20.2. The van der Waals surface area contributed by atoms with E-state index in [1.54, 1.807) is 7.11 Å². The summed E-state index contributed by atoms with van der Waals surface area (Å²) in [6, 6.07) is 8.08. The van der Waals surface area contributed by atoms with Gasteiger partial charge in [-0.05, 0) is 44.7 Å². The summed E-state index contributed by atoms with van der Waals surface area (Å²) in [5, 5.41) is 6.66. The van der Waals surface area contributed by atoms with Crippen molar-refractivity contribution in [3.63, 3.8) is 0 Å². The maximum absolute atomic E-state index is 5.76. The van der Waals surface area contributed by atoms with Crippen molar-refractivity contribution in [3.05, 3.63) is 24.3 Å². The van der Waals surface area contributed by atoms with Crippen LogP contribution in [0.25, 0.3) is 0 Å². The number of methoxy groups -OCH3 is 1. The fourth-order valence-corrected chi connectivity index (χ4v) is 3.21. The van der Waals surface area contributed by atoms with E-state index in [1.165, 1.54) is 0 Å².